The van der Waals surface area contributed by atoms with Gasteiger partial charge in [-0.15, -0.1) is 0 Å². The maximum absolute atomic E-state index is 14.0. The lowest BCUT2D eigenvalue weighted by molar-refractivity contribution is -0.161. The molecule has 1 aliphatic heterocycles. The number of ether oxygens (including phenoxy) is 2. The third kappa shape index (κ3) is 3.17. The van der Waals surface area contributed by atoms with Crippen LogP contribution < -0.4 is 4.74 Å². The molecule has 7 rings (SSSR count). The number of rotatable bonds is 5. The minimum atomic E-state index is -0.830. The summed E-state index contributed by atoms with van der Waals surface area (Å²) in [6.45, 7) is 7.03. The smallest absolute Gasteiger partial charge is 0.314 e. The van der Waals surface area contributed by atoms with Crippen LogP contribution in [0.3, 0.4) is 0 Å². The fourth-order valence-corrected chi connectivity index (χ4v) is 7.83. The summed E-state index contributed by atoms with van der Waals surface area (Å²) in [5.74, 6) is 0.0776. The highest BCUT2D eigenvalue weighted by molar-refractivity contribution is 6.19. The molecule has 4 atom stereocenters. The highest BCUT2D eigenvalue weighted by atomic mass is 16.5. The molecule has 1 saturated carbocycles. The number of para-hydroxylation sites is 1. The van der Waals surface area contributed by atoms with Crippen LogP contribution in [0.25, 0.3) is 5.57 Å². The van der Waals surface area contributed by atoms with Crippen LogP contribution in [-0.2, 0) is 19.7 Å². The highest BCUT2D eigenvalue weighted by Gasteiger charge is 2.71. The quantitative estimate of drug-likeness (QED) is 0.338. The van der Waals surface area contributed by atoms with E-state index in [1.807, 2.05) is 29.2 Å². The molecule has 0 aromatic heterocycles. The number of esters is 1. The summed E-state index contributed by atoms with van der Waals surface area (Å²) in [6, 6.07) is 24.7. The van der Waals surface area contributed by atoms with Crippen molar-refractivity contribution in [3.8, 4) is 5.75 Å². The second-order valence-electron chi connectivity index (χ2n) is 11.0. The van der Waals surface area contributed by atoms with Crippen molar-refractivity contribution >= 4 is 17.4 Å². The van der Waals surface area contributed by atoms with Gasteiger partial charge in [-0.25, -0.2) is 0 Å². The van der Waals surface area contributed by atoms with Crippen LogP contribution in [0.4, 0.5) is 0 Å². The average molecular weight is 508 g/mol. The lowest BCUT2D eigenvalue weighted by Crippen LogP contribution is -2.60. The summed E-state index contributed by atoms with van der Waals surface area (Å²) in [5, 5.41) is 0. The Morgan fingerprint density at radius 2 is 1.68 bits per heavy atom. The van der Waals surface area contributed by atoms with Crippen LogP contribution in [0, 0.1) is 18.3 Å². The predicted octanol–water partition coefficient (Wildman–Crippen LogP) is 5.51. The first kappa shape index (κ1) is 24.5. The summed E-state index contributed by atoms with van der Waals surface area (Å²) < 4.78 is 11.1. The third-order valence-corrected chi connectivity index (χ3v) is 9.45. The Kier molecular flexibility index (Phi) is 5.71. The van der Waals surface area contributed by atoms with Gasteiger partial charge in [0, 0.05) is 41.5 Å². The number of hydrogen-bond acceptors (Lipinski definition) is 4. The molecule has 38 heavy (non-hydrogen) atoms. The van der Waals surface area contributed by atoms with E-state index < -0.39 is 10.8 Å². The Morgan fingerprint density at radius 1 is 0.974 bits per heavy atom. The molecule has 0 spiro atoms. The van der Waals surface area contributed by atoms with E-state index in [1.165, 1.54) is 29.4 Å². The van der Waals surface area contributed by atoms with E-state index in [9.17, 15) is 9.59 Å². The summed E-state index contributed by atoms with van der Waals surface area (Å²) >= 11 is 0. The van der Waals surface area contributed by atoms with Gasteiger partial charge in [0.1, 0.15) is 5.75 Å². The fraction of sp³-hybridized carbons (Fsp3) is 0.333. The fourth-order valence-electron chi connectivity index (χ4n) is 7.83. The molecule has 2 bridgehead atoms. The van der Waals surface area contributed by atoms with Gasteiger partial charge in [0.2, 0.25) is 0 Å². The molecular formula is C33H33NO4. The molecule has 0 N–H and O–H groups in total. The first-order valence-electron chi connectivity index (χ1n) is 13.2. The highest BCUT2D eigenvalue weighted by Crippen LogP contribution is 2.69. The summed E-state index contributed by atoms with van der Waals surface area (Å²) in [7, 11) is 3.06. The second-order valence-corrected chi connectivity index (χ2v) is 11.0. The monoisotopic (exact) mass is 507 g/mol. The maximum atomic E-state index is 14.0. The van der Waals surface area contributed by atoms with Gasteiger partial charge < -0.3 is 14.4 Å². The third-order valence-electron chi connectivity index (χ3n) is 9.45. The summed E-state index contributed by atoms with van der Waals surface area (Å²) in [6.07, 6.45) is 1.79. The van der Waals surface area contributed by atoms with Crippen molar-refractivity contribution in [3.05, 3.63) is 107 Å². The average Bonchev–Trinajstić information content (AvgIpc) is 3.40. The molecule has 4 aliphatic rings. The molecule has 1 heterocycles. The number of methoxy groups -OCH3 is 2. The summed E-state index contributed by atoms with van der Waals surface area (Å²) in [5.41, 5.74) is 4.69. The van der Waals surface area contributed by atoms with E-state index in [4.69, 9.17) is 9.47 Å². The number of carbonyl (C=O) groups excluding carboxylic acids is 2. The van der Waals surface area contributed by atoms with Crippen LogP contribution in [0.1, 0.15) is 46.6 Å². The lowest BCUT2D eigenvalue weighted by atomic mass is 9.42. The molecule has 1 amide bonds. The van der Waals surface area contributed by atoms with Crippen molar-refractivity contribution in [1.82, 2.24) is 4.90 Å². The second kappa shape index (κ2) is 8.87. The number of hydrogen-bond donors (Lipinski definition) is 0. The van der Waals surface area contributed by atoms with Crippen molar-refractivity contribution in [2.75, 3.05) is 27.3 Å². The Bertz CT molecular complexity index is 1440. The number of benzene rings is 3. The van der Waals surface area contributed by atoms with E-state index in [0.29, 0.717) is 30.0 Å². The molecule has 5 nitrogen and oxygen atoms in total. The van der Waals surface area contributed by atoms with Gasteiger partial charge in [-0.2, -0.15) is 0 Å². The van der Waals surface area contributed by atoms with E-state index in [0.717, 1.165) is 12.8 Å². The number of fused-ring (bicyclic) bond motifs is 1. The van der Waals surface area contributed by atoms with Crippen LogP contribution in [0.5, 0.6) is 5.75 Å². The minimum absolute atomic E-state index is 0.0131. The van der Waals surface area contributed by atoms with Gasteiger partial charge in [0.05, 0.1) is 19.6 Å². The SMILES string of the molecule is C=C(C(=O)N1C[C@H]2[C@@]3(c4ccc(C)cc4)CC[C@H](c4ccccc43)[C@@]2(C(=O)OC)C1)c1ccccc1OC. The van der Waals surface area contributed by atoms with Crippen LogP contribution in [-0.4, -0.2) is 44.1 Å². The lowest BCUT2D eigenvalue weighted by Gasteiger charge is -2.59. The Balaban J connectivity index is 1.51. The van der Waals surface area contributed by atoms with Gasteiger partial charge in [0.15, 0.2) is 0 Å². The number of amides is 1. The molecule has 194 valence electrons. The summed E-state index contributed by atoms with van der Waals surface area (Å²) in [4.78, 5) is 29.8. The maximum Gasteiger partial charge on any atom is 0.314 e. The number of nitrogens with zero attached hydrogens (tertiary/aromatic N) is 1. The molecule has 0 unspecified atom stereocenters. The van der Waals surface area contributed by atoms with Crippen molar-refractivity contribution in [2.24, 2.45) is 11.3 Å². The van der Waals surface area contributed by atoms with Crippen LogP contribution in [0.15, 0.2) is 79.4 Å². The Labute approximate surface area is 224 Å². The molecule has 3 aliphatic carbocycles. The van der Waals surface area contributed by atoms with Crippen molar-refractivity contribution in [1.29, 1.82) is 0 Å². The van der Waals surface area contributed by atoms with Gasteiger partial charge in [0.25, 0.3) is 5.91 Å². The van der Waals surface area contributed by atoms with Gasteiger partial charge in [-0.05, 0) is 42.5 Å². The number of aryl methyl sites for hydroxylation is 1. The van der Waals surface area contributed by atoms with Gasteiger partial charge in [-0.1, -0.05) is 78.9 Å². The molecule has 3 aromatic rings. The number of carbonyl (C=O) groups is 2. The first-order valence-corrected chi connectivity index (χ1v) is 13.2. The Hall–Kier alpha value is -3.86. The predicted molar refractivity (Wildman–Crippen MR) is 147 cm³/mol. The van der Waals surface area contributed by atoms with Gasteiger partial charge >= 0.3 is 5.97 Å². The molecule has 1 saturated heterocycles. The van der Waals surface area contributed by atoms with Crippen LogP contribution in [0.2, 0.25) is 0 Å². The Morgan fingerprint density at radius 3 is 2.42 bits per heavy atom. The molecular weight excluding hydrogens is 474 g/mol. The standard InChI is InChI=1S/C33H33NO4/c1-21-13-15-23(16-14-21)32-18-17-27(25-10-5-7-11-26(25)32)33(31(36)38-4)20-34(19-29(32)33)30(35)22(2)24-9-6-8-12-28(24)37-3/h5-16,27,29H,2,17-20H2,1,3-4H3/t27-,29+,32-,33+/m1/s1. The van der Waals surface area contributed by atoms with Crippen molar-refractivity contribution in [2.45, 2.75) is 31.1 Å². The molecule has 3 aromatic carbocycles. The van der Waals surface area contributed by atoms with E-state index in [1.54, 1.807) is 7.11 Å². The largest absolute Gasteiger partial charge is 0.496 e. The van der Waals surface area contributed by atoms with Crippen molar-refractivity contribution < 1.29 is 19.1 Å². The van der Waals surface area contributed by atoms with Crippen molar-refractivity contribution in [3.63, 3.8) is 0 Å². The van der Waals surface area contributed by atoms with E-state index >= 15 is 0 Å². The molecule has 5 heteroatoms. The number of likely N-dealkylation sites (tertiary alicyclic amines) is 1. The minimum Gasteiger partial charge on any atom is -0.496 e. The first-order chi connectivity index (χ1) is 18.4. The van der Waals surface area contributed by atoms with Gasteiger partial charge in [-0.3, -0.25) is 9.59 Å². The van der Waals surface area contributed by atoms with E-state index in [-0.39, 0.29) is 23.7 Å². The molecule has 2 fully saturated rings. The normalized spacial score (nSPS) is 26.9. The van der Waals surface area contributed by atoms with Crippen LogP contribution >= 0.6 is 0 Å². The zero-order valence-electron chi connectivity index (χ0n) is 22.2. The topological polar surface area (TPSA) is 55.8 Å². The zero-order valence-corrected chi connectivity index (χ0v) is 22.2. The zero-order chi connectivity index (χ0) is 26.7. The molecule has 0 radical (unpaired) electrons. The van der Waals surface area contributed by atoms with E-state index in [2.05, 4.69) is 62.0 Å².